The van der Waals surface area contributed by atoms with Crippen molar-refractivity contribution in [2.24, 2.45) is 35.2 Å². The number of aryl methyl sites for hydroxylation is 21. The molecule has 0 saturated carbocycles. The molecular formula is C101H97N10O5+5. The maximum atomic E-state index is 7.75. The van der Waals surface area contributed by atoms with Gasteiger partial charge in [0.15, 0.2) is 58.9 Å². The van der Waals surface area contributed by atoms with Gasteiger partial charge in [-0.05, 0) is 228 Å². The molecule has 20 aromatic rings. The van der Waals surface area contributed by atoms with Gasteiger partial charge in [-0.15, -0.1) is 0 Å². The Kier molecular flexibility index (Phi) is 19.1. The Morgan fingerprint density at radius 3 is 0.784 bits per heavy atom. The molecule has 116 heavy (non-hydrogen) atoms. The normalized spacial score (nSPS) is 12.0. The molecule has 0 bridgehead atoms. The van der Waals surface area contributed by atoms with Crippen LogP contribution in [-0.2, 0) is 35.2 Å². The van der Waals surface area contributed by atoms with Crippen molar-refractivity contribution in [3.63, 3.8) is 0 Å². The van der Waals surface area contributed by atoms with E-state index in [0.717, 1.165) is 178 Å². The highest BCUT2D eigenvalue weighted by Gasteiger charge is 2.28. The van der Waals surface area contributed by atoms with Gasteiger partial charge in [-0.2, -0.15) is 0 Å². The summed E-state index contributed by atoms with van der Waals surface area (Å²) in [6.07, 6.45) is 10.1. The smallest absolute Gasteiger partial charge is 0.227 e. The molecule has 0 fully saturated rings. The van der Waals surface area contributed by atoms with Crippen molar-refractivity contribution in [3.8, 4) is 56.3 Å². The van der Waals surface area contributed by atoms with Gasteiger partial charge in [-0.3, -0.25) is 0 Å². The Bertz CT molecular complexity index is 7330. The minimum atomic E-state index is -2.14. The van der Waals surface area contributed by atoms with Crippen LogP contribution in [0.5, 0.6) is 0 Å². The molecule has 0 atom stereocenters. The van der Waals surface area contributed by atoms with Gasteiger partial charge >= 0.3 is 0 Å². The van der Waals surface area contributed by atoms with E-state index in [2.05, 4.69) is 279 Å². The molecule has 15 heterocycles. The van der Waals surface area contributed by atoms with Crippen molar-refractivity contribution in [1.82, 2.24) is 24.9 Å². The van der Waals surface area contributed by atoms with Crippen LogP contribution in [0.3, 0.4) is 0 Å². The molecule has 15 nitrogen and oxygen atoms in total. The van der Waals surface area contributed by atoms with Gasteiger partial charge in [0.1, 0.15) is 35.2 Å². The number of hydrogen-bond acceptors (Lipinski definition) is 10. The van der Waals surface area contributed by atoms with Crippen molar-refractivity contribution in [1.29, 1.82) is 0 Å². The van der Waals surface area contributed by atoms with Crippen LogP contribution in [-0.4, -0.2) is 24.9 Å². The fraction of sp³-hybridized carbons (Fsp3) is 0.208. The lowest BCUT2D eigenvalue weighted by Crippen LogP contribution is -2.31. The van der Waals surface area contributed by atoms with Crippen LogP contribution in [0.2, 0.25) is 0 Å². The first-order valence-electron chi connectivity index (χ1n) is 40.7. The van der Waals surface area contributed by atoms with E-state index in [9.17, 15) is 0 Å². The second-order valence-electron chi connectivity index (χ2n) is 31.3. The zero-order valence-corrected chi connectivity index (χ0v) is 69.6. The Labute approximate surface area is 679 Å². The van der Waals surface area contributed by atoms with E-state index in [4.69, 9.17) is 26.2 Å². The molecule has 15 aromatic heterocycles. The average molecular weight is 1530 g/mol. The van der Waals surface area contributed by atoms with Gasteiger partial charge in [0, 0.05) is 146 Å². The number of benzene rings is 5. The monoisotopic (exact) mass is 1530 g/mol. The van der Waals surface area contributed by atoms with Crippen LogP contribution in [0.15, 0.2) is 229 Å². The topological polar surface area (TPSA) is 150 Å². The summed E-state index contributed by atoms with van der Waals surface area (Å²) in [5, 5.41) is 10.8. The molecule has 0 saturated heterocycles. The number of rotatable bonds is 5. The van der Waals surface area contributed by atoms with Crippen molar-refractivity contribution >= 4 is 110 Å². The molecule has 0 unspecified atom stereocenters. The molecule has 0 aliphatic rings. The number of fused-ring (bicyclic) bond motifs is 15. The summed E-state index contributed by atoms with van der Waals surface area (Å²) in [7, 11) is 10.1. The molecule has 0 amide bonds. The van der Waals surface area contributed by atoms with Crippen molar-refractivity contribution in [2.45, 2.75) is 111 Å². The third-order valence-corrected chi connectivity index (χ3v) is 22.4. The van der Waals surface area contributed by atoms with E-state index in [0.29, 0.717) is 34.1 Å². The second kappa shape index (κ2) is 30.5. The van der Waals surface area contributed by atoms with Crippen LogP contribution in [0.25, 0.3) is 167 Å². The minimum Gasteiger partial charge on any atom is -0.437 e. The molecule has 0 N–H and O–H groups in total. The number of nitrogens with zero attached hydrogens (tertiary/aromatic N) is 10. The molecule has 0 radical (unpaired) electrons. The third-order valence-electron chi connectivity index (χ3n) is 22.4. The SMILES string of the molecule is Cc1cc[n+](C)c(-c2c(C)ccc3c2oc2nc(C)ccc23)c1.Cc1cc[n+](C)c(-c2c(C)ccc3c2oc2nc(C)ccc23)c1.Cc1ccc2c(n1)oc1c(-c3cc(C)c(C)c[n+]3C)c(C)ccc12.Cc1ccc2c(n1)oc1c(-c3cccc[n+]3C)c(C)ccc12.[2H]C([2H])([2H])c1c[n+](C)c(-c2c(C)ccc3c2oc2nc(C)ccc23)cc1C. The predicted octanol–water partition coefficient (Wildman–Crippen LogP) is 22.3. The van der Waals surface area contributed by atoms with Gasteiger partial charge in [0.25, 0.3) is 0 Å². The first-order valence-corrected chi connectivity index (χ1v) is 39.2. The maximum Gasteiger partial charge on any atom is 0.227 e. The van der Waals surface area contributed by atoms with Crippen molar-refractivity contribution in [2.75, 3.05) is 0 Å². The first-order chi connectivity index (χ1) is 56.8. The molecule has 15 heteroatoms. The molecule has 20 rings (SSSR count). The zero-order chi connectivity index (χ0) is 84.1. The number of hydrogen-bond donors (Lipinski definition) is 0. The van der Waals surface area contributed by atoms with E-state index < -0.39 is 6.85 Å². The van der Waals surface area contributed by atoms with Crippen LogP contribution in [0, 0.1) is 111 Å². The Morgan fingerprint density at radius 1 is 0.233 bits per heavy atom. The maximum absolute atomic E-state index is 7.75. The number of furan rings is 5. The molecule has 5 aromatic carbocycles. The average Bonchev–Trinajstić information content (AvgIpc) is 1.59. The fourth-order valence-corrected chi connectivity index (χ4v) is 15.9. The largest absolute Gasteiger partial charge is 0.437 e. The molecule has 0 aliphatic heterocycles. The molecule has 0 aliphatic carbocycles. The highest BCUT2D eigenvalue weighted by atomic mass is 16.4. The Balaban J connectivity index is 0.000000111. The fourth-order valence-electron chi connectivity index (χ4n) is 15.9. The van der Waals surface area contributed by atoms with E-state index in [1.54, 1.807) is 6.20 Å². The van der Waals surface area contributed by atoms with Gasteiger partial charge < -0.3 is 22.1 Å². The summed E-state index contributed by atoms with van der Waals surface area (Å²) in [5.41, 5.74) is 35.8. The van der Waals surface area contributed by atoms with E-state index >= 15 is 0 Å². The molecule has 0 spiro atoms. The summed E-state index contributed by atoms with van der Waals surface area (Å²) in [6.45, 7) is 28.6. The summed E-state index contributed by atoms with van der Waals surface area (Å²) in [6, 6.07) is 60.8. The van der Waals surface area contributed by atoms with Crippen molar-refractivity contribution < 1.29 is 49.0 Å². The zero-order valence-electron chi connectivity index (χ0n) is 72.6. The standard InChI is InChI=1S/2C21H21N2O.2C20H19N2O.C19H17N2O/c2*1-12-6-8-16-17-9-7-15(4)22-21(17)24-20(16)19(12)18-10-13(2)14(3)11-23(18)5;2*1-12-9-10-22(4)17(11-12)18-13(2)5-7-15-16-8-6-14(3)21-20(16)23-19(15)18;1-12-7-9-14-15-10-8-13(2)20-19(15)22-18(14)17(12)16-6-4-5-11-21(16)3/h2*6-11H,1-5H3;2*5-11H,1-4H3;4-11H,1-3H3/q5*+1/i3D3;;;;. The number of aromatic nitrogens is 10. The molecular weight excluding hydrogens is 1430 g/mol. The van der Waals surface area contributed by atoms with Crippen LogP contribution >= 0.6 is 0 Å². The van der Waals surface area contributed by atoms with E-state index in [1.807, 2.05) is 109 Å². The minimum absolute atomic E-state index is 0.362. The lowest BCUT2D eigenvalue weighted by molar-refractivity contribution is -0.660. The Morgan fingerprint density at radius 2 is 0.491 bits per heavy atom. The lowest BCUT2D eigenvalue weighted by Gasteiger charge is -2.07. The van der Waals surface area contributed by atoms with Gasteiger partial charge in [-0.1, -0.05) is 60.7 Å². The van der Waals surface area contributed by atoms with E-state index in [-0.39, 0.29) is 0 Å². The lowest BCUT2D eigenvalue weighted by atomic mass is 9.99. The van der Waals surface area contributed by atoms with E-state index in [1.165, 1.54) is 44.5 Å². The molecule has 576 valence electrons. The Hall–Kier alpha value is -13.4. The second-order valence-corrected chi connectivity index (χ2v) is 31.3. The third kappa shape index (κ3) is 14.1. The van der Waals surface area contributed by atoms with Crippen LogP contribution < -0.4 is 22.8 Å². The summed E-state index contributed by atoms with van der Waals surface area (Å²) in [5.74, 6) is 0. The number of pyridine rings is 10. The van der Waals surface area contributed by atoms with Crippen molar-refractivity contribution in [3.05, 3.63) is 297 Å². The van der Waals surface area contributed by atoms with Crippen LogP contribution in [0.4, 0.5) is 0 Å². The summed E-state index contributed by atoms with van der Waals surface area (Å²) < 4.78 is 64.5. The first kappa shape index (κ1) is 72.8. The predicted molar refractivity (Wildman–Crippen MR) is 466 cm³/mol. The highest BCUT2D eigenvalue weighted by molar-refractivity contribution is 6.13. The quantitative estimate of drug-likeness (QED) is 0.152. The summed E-state index contributed by atoms with van der Waals surface area (Å²) >= 11 is 0. The van der Waals surface area contributed by atoms with Gasteiger partial charge in [-0.25, -0.2) is 47.8 Å². The summed E-state index contributed by atoms with van der Waals surface area (Å²) in [4.78, 5) is 22.7. The van der Waals surface area contributed by atoms with Gasteiger partial charge in [0.05, 0.1) is 27.8 Å². The van der Waals surface area contributed by atoms with Crippen LogP contribution in [0.1, 0.15) is 93.8 Å². The highest BCUT2D eigenvalue weighted by Crippen LogP contribution is 2.43. The van der Waals surface area contributed by atoms with Gasteiger partial charge in [0.2, 0.25) is 57.0 Å².